The highest BCUT2D eigenvalue weighted by Gasteiger charge is 2.37. The lowest BCUT2D eigenvalue weighted by Crippen LogP contribution is -2.50. The summed E-state index contributed by atoms with van der Waals surface area (Å²) in [6.45, 7) is 5.11. The summed E-state index contributed by atoms with van der Waals surface area (Å²) < 4.78 is 0. The molecule has 0 aromatic heterocycles. The monoisotopic (exact) mass is 512 g/mol. The zero-order chi connectivity index (χ0) is 26.5. The fourth-order valence-electron chi connectivity index (χ4n) is 3.40. The second-order valence-corrected chi connectivity index (χ2v) is 10.1. The molecule has 3 N–H and O–H groups in total. The average molecular weight is 513 g/mol. The highest BCUT2D eigenvalue weighted by Crippen LogP contribution is 2.22. The Morgan fingerprint density at radius 1 is 1.03 bits per heavy atom. The van der Waals surface area contributed by atoms with Gasteiger partial charge >= 0.3 is 0 Å². The maximum Gasteiger partial charge on any atom is 0.258 e. The van der Waals surface area contributed by atoms with E-state index in [-0.39, 0.29) is 25.3 Å². The van der Waals surface area contributed by atoms with Gasteiger partial charge in [0.2, 0.25) is 11.8 Å². The molecule has 0 aliphatic heterocycles. The van der Waals surface area contributed by atoms with Gasteiger partial charge in [0.05, 0.1) is 13.0 Å². The first-order chi connectivity index (χ1) is 16.7. The van der Waals surface area contributed by atoms with Crippen LogP contribution < -0.4 is 5.32 Å². The van der Waals surface area contributed by atoms with Crippen molar-refractivity contribution in [3.8, 4) is 0 Å². The van der Waals surface area contributed by atoms with Crippen molar-refractivity contribution < 1.29 is 24.6 Å². The van der Waals surface area contributed by atoms with Gasteiger partial charge in [-0.2, -0.15) is 12.6 Å². The van der Waals surface area contributed by atoms with Crippen LogP contribution in [0.25, 0.3) is 0 Å². The molecule has 0 unspecified atom stereocenters. The molecule has 0 aromatic rings. The predicted molar refractivity (Wildman–Crippen MR) is 144 cm³/mol. The van der Waals surface area contributed by atoms with E-state index in [1.165, 1.54) is 65.2 Å². The Morgan fingerprint density at radius 2 is 1.63 bits per heavy atom. The van der Waals surface area contributed by atoms with E-state index >= 15 is 0 Å². The van der Waals surface area contributed by atoms with Gasteiger partial charge < -0.3 is 15.5 Å². The van der Waals surface area contributed by atoms with Gasteiger partial charge in [-0.05, 0) is 25.0 Å². The van der Waals surface area contributed by atoms with E-state index in [0.717, 1.165) is 17.7 Å². The van der Waals surface area contributed by atoms with Gasteiger partial charge in [0.1, 0.15) is 6.10 Å². The standard InChI is InChI=1S/C27H48N2O5S/c1-4-5-6-7-8-9-10-11-12-13-14-15-16-17-24(32)29(20-18-23(31)28-19-21-35)26(34)25(33)27(2,3)22-30/h14,16,25,30,33,35H,4-13,17-22H2,1-3H3,(H,28,31)/t15?,25-/m1/s1. The van der Waals surface area contributed by atoms with E-state index in [1.807, 2.05) is 6.08 Å². The van der Waals surface area contributed by atoms with Gasteiger partial charge in [-0.3, -0.25) is 19.3 Å². The lowest BCUT2D eigenvalue weighted by atomic mass is 9.86. The minimum absolute atomic E-state index is 0.0649. The molecule has 0 rings (SSSR count). The van der Waals surface area contributed by atoms with E-state index in [9.17, 15) is 24.6 Å². The van der Waals surface area contributed by atoms with Gasteiger partial charge in [0.15, 0.2) is 0 Å². The molecule has 8 heteroatoms. The molecule has 0 aliphatic carbocycles. The van der Waals surface area contributed by atoms with Gasteiger partial charge in [-0.25, -0.2) is 0 Å². The molecule has 7 nitrogen and oxygen atoms in total. The van der Waals surface area contributed by atoms with E-state index in [0.29, 0.717) is 12.3 Å². The number of hydrogen-bond donors (Lipinski definition) is 4. The summed E-state index contributed by atoms with van der Waals surface area (Å²) in [4.78, 5) is 38.4. The lowest BCUT2D eigenvalue weighted by molar-refractivity contribution is -0.156. The summed E-state index contributed by atoms with van der Waals surface area (Å²) in [5.41, 5.74) is 1.88. The van der Waals surface area contributed by atoms with Gasteiger partial charge in [-0.1, -0.05) is 72.1 Å². The maximum atomic E-state index is 12.8. The van der Waals surface area contributed by atoms with Crippen LogP contribution in [0, 0.1) is 5.41 Å². The second-order valence-electron chi connectivity index (χ2n) is 9.65. The number of aliphatic hydroxyl groups excluding tert-OH is 2. The predicted octanol–water partition coefficient (Wildman–Crippen LogP) is 4.18. The number of nitrogens with zero attached hydrogens (tertiary/aromatic N) is 1. The molecule has 0 saturated heterocycles. The molecule has 0 saturated carbocycles. The van der Waals surface area contributed by atoms with Crippen molar-refractivity contribution >= 4 is 30.4 Å². The molecule has 0 heterocycles. The van der Waals surface area contributed by atoms with Crippen molar-refractivity contribution in [1.82, 2.24) is 10.2 Å². The van der Waals surface area contributed by atoms with Crippen molar-refractivity contribution in [3.63, 3.8) is 0 Å². The zero-order valence-corrected chi connectivity index (χ0v) is 23.0. The van der Waals surface area contributed by atoms with Gasteiger partial charge in [0, 0.05) is 30.7 Å². The van der Waals surface area contributed by atoms with Crippen LogP contribution in [0.4, 0.5) is 0 Å². The number of aliphatic hydroxyl groups is 2. The Labute approximate surface area is 217 Å². The summed E-state index contributed by atoms with van der Waals surface area (Å²) in [6, 6.07) is 0. The first-order valence-electron chi connectivity index (χ1n) is 13.1. The SMILES string of the molecule is CCCCCCCCCCCC=C=CCC(=O)N(CCC(=O)NCCS)C(=O)[C@@H](O)C(C)(C)CO. The Balaban J connectivity index is 4.67. The number of thiol groups is 1. The third kappa shape index (κ3) is 15.9. The number of imide groups is 1. The molecule has 0 aromatic carbocycles. The average Bonchev–Trinajstić information content (AvgIpc) is 2.84. The number of hydrogen-bond acceptors (Lipinski definition) is 6. The second kappa shape index (κ2) is 20.6. The molecule has 1 atom stereocenters. The summed E-state index contributed by atoms with van der Waals surface area (Å²) >= 11 is 4.03. The number of nitrogens with one attached hydrogen (secondary N) is 1. The summed E-state index contributed by atoms with van der Waals surface area (Å²) in [5, 5.41) is 22.5. The van der Waals surface area contributed by atoms with E-state index < -0.39 is 29.9 Å². The summed E-state index contributed by atoms with van der Waals surface area (Å²) in [7, 11) is 0. The lowest BCUT2D eigenvalue weighted by Gasteiger charge is -2.31. The third-order valence-corrected chi connectivity index (χ3v) is 6.13. The largest absolute Gasteiger partial charge is 0.396 e. The highest BCUT2D eigenvalue weighted by molar-refractivity contribution is 7.80. The van der Waals surface area contributed by atoms with Crippen LogP contribution in [0.15, 0.2) is 17.9 Å². The molecule has 0 aliphatic rings. The quantitative estimate of drug-likeness (QED) is 0.111. The molecule has 202 valence electrons. The van der Waals surface area contributed by atoms with Crippen molar-refractivity contribution in [1.29, 1.82) is 0 Å². The van der Waals surface area contributed by atoms with E-state index in [2.05, 4.69) is 30.6 Å². The molecule has 0 fully saturated rings. The Bertz CT molecular complexity index is 674. The number of unbranched alkanes of at least 4 members (excludes halogenated alkanes) is 9. The Kier molecular flexibility index (Phi) is 19.6. The summed E-state index contributed by atoms with van der Waals surface area (Å²) in [6.07, 6.45) is 14.0. The fourth-order valence-corrected chi connectivity index (χ4v) is 3.52. The van der Waals surface area contributed by atoms with Crippen molar-refractivity contribution in [3.05, 3.63) is 17.9 Å². The van der Waals surface area contributed by atoms with Crippen molar-refractivity contribution in [2.75, 3.05) is 25.4 Å². The van der Waals surface area contributed by atoms with E-state index in [4.69, 9.17) is 0 Å². The van der Waals surface area contributed by atoms with Crippen LogP contribution in [-0.2, 0) is 14.4 Å². The molecule has 35 heavy (non-hydrogen) atoms. The van der Waals surface area contributed by atoms with Crippen LogP contribution in [0.5, 0.6) is 0 Å². The molecule has 3 amide bonds. The molecule has 0 radical (unpaired) electrons. The Morgan fingerprint density at radius 3 is 2.20 bits per heavy atom. The topological polar surface area (TPSA) is 107 Å². The summed E-state index contributed by atoms with van der Waals surface area (Å²) in [5.74, 6) is -1.17. The molecule has 0 spiro atoms. The molecule has 0 bridgehead atoms. The van der Waals surface area contributed by atoms with Gasteiger partial charge in [-0.15, -0.1) is 5.73 Å². The molecular weight excluding hydrogens is 464 g/mol. The first kappa shape index (κ1) is 33.4. The van der Waals surface area contributed by atoms with Gasteiger partial charge in [0.25, 0.3) is 5.91 Å². The zero-order valence-electron chi connectivity index (χ0n) is 22.1. The van der Waals surface area contributed by atoms with E-state index in [1.54, 1.807) is 6.08 Å². The minimum Gasteiger partial charge on any atom is -0.396 e. The molecular formula is C27H48N2O5S. The number of carbonyl (C=O) groups is 3. The van der Waals surface area contributed by atoms with Crippen LogP contribution >= 0.6 is 12.6 Å². The highest BCUT2D eigenvalue weighted by atomic mass is 32.1. The van der Waals surface area contributed by atoms with Crippen LogP contribution in [0.2, 0.25) is 0 Å². The fraction of sp³-hybridized carbons (Fsp3) is 0.778. The smallest absolute Gasteiger partial charge is 0.258 e. The van der Waals surface area contributed by atoms with Crippen molar-refractivity contribution in [2.24, 2.45) is 5.41 Å². The third-order valence-electron chi connectivity index (χ3n) is 5.91. The van der Waals surface area contributed by atoms with Crippen LogP contribution in [-0.4, -0.2) is 64.4 Å². The maximum absolute atomic E-state index is 12.8. The first-order valence-corrected chi connectivity index (χ1v) is 13.7. The minimum atomic E-state index is -1.57. The number of rotatable bonds is 20. The Hall–Kier alpha value is -1.60. The normalized spacial score (nSPS) is 11.9. The van der Waals surface area contributed by atoms with Crippen molar-refractivity contribution in [2.45, 2.75) is 104 Å². The van der Waals surface area contributed by atoms with Crippen LogP contribution in [0.3, 0.4) is 0 Å². The number of carbonyl (C=O) groups excluding carboxylic acids is 3. The number of amides is 3. The van der Waals surface area contributed by atoms with Crippen LogP contribution in [0.1, 0.15) is 97.8 Å².